The third kappa shape index (κ3) is 2.48. The van der Waals surface area contributed by atoms with Gasteiger partial charge >= 0.3 is 0 Å². The molecule has 0 bridgehead atoms. The lowest BCUT2D eigenvalue weighted by Gasteiger charge is -2.18. The van der Waals surface area contributed by atoms with Gasteiger partial charge < -0.3 is 15.2 Å². The van der Waals surface area contributed by atoms with Crippen LogP contribution in [0.4, 0.5) is 5.95 Å². The summed E-state index contributed by atoms with van der Waals surface area (Å²) in [5.74, 6) is 0.614. The summed E-state index contributed by atoms with van der Waals surface area (Å²) in [6.07, 6.45) is 0. The average molecular weight is 246 g/mol. The maximum atomic E-state index is 6.01. The predicted octanol–water partition coefficient (Wildman–Crippen LogP) is 2.27. The highest BCUT2D eigenvalue weighted by Gasteiger charge is 2.09. The van der Waals surface area contributed by atoms with Crippen molar-refractivity contribution in [2.45, 2.75) is 27.3 Å². The van der Waals surface area contributed by atoms with Crippen LogP contribution >= 0.6 is 0 Å². The number of aryl methyl sites for hydroxylation is 1. The highest BCUT2D eigenvalue weighted by molar-refractivity contribution is 5.79. The molecule has 18 heavy (non-hydrogen) atoms. The molecule has 98 valence electrons. The van der Waals surface area contributed by atoms with Gasteiger partial charge in [-0.15, -0.1) is 0 Å². The average Bonchev–Trinajstić information content (AvgIpc) is 2.66. The van der Waals surface area contributed by atoms with E-state index in [0.29, 0.717) is 5.95 Å². The molecule has 4 nitrogen and oxygen atoms in total. The van der Waals surface area contributed by atoms with Crippen molar-refractivity contribution in [1.29, 1.82) is 0 Å². The number of aromatic nitrogens is 2. The van der Waals surface area contributed by atoms with Crippen LogP contribution in [0, 0.1) is 6.92 Å². The Hall–Kier alpha value is -1.55. The number of rotatable bonds is 5. The van der Waals surface area contributed by atoms with Gasteiger partial charge in [-0.25, -0.2) is 4.98 Å². The standard InChI is InChI=1S/C14H22N4/c1-4-17(5-2)8-9-18-13-10-11(3)6-7-12(13)16-14(18)15/h6-7,10H,4-5,8-9H2,1-3H3,(H2,15,16). The van der Waals surface area contributed by atoms with Gasteiger partial charge in [-0.3, -0.25) is 0 Å². The molecule has 0 saturated carbocycles. The molecule has 1 aromatic heterocycles. The van der Waals surface area contributed by atoms with Gasteiger partial charge in [0.05, 0.1) is 11.0 Å². The minimum absolute atomic E-state index is 0.614. The Morgan fingerprint density at radius 3 is 2.67 bits per heavy atom. The highest BCUT2D eigenvalue weighted by atomic mass is 15.2. The zero-order valence-corrected chi connectivity index (χ0v) is 11.5. The van der Waals surface area contributed by atoms with E-state index in [4.69, 9.17) is 5.73 Å². The van der Waals surface area contributed by atoms with Gasteiger partial charge in [0.2, 0.25) is 5.95 Å². The fourth-order valence-corrected chi connectivity index (χ4v) is 2.27. The van der Waals surface area contributed by atoms with Crippen molar-refractivity contribution in [3.8, 4) is 0 Å². The SMILES string of the molecule is CCN(CC)CCn1c(N)nc2ccc(C)cc21. The molecule has 1 heterocycles. The van der Waals surface area contributed by atoms with Crippen LogP contribution in [0.2, 0.25) is 0 Å². The maximum Gasteiger partial charge on any atom is 0.201 e. The molecule has 0 atom stereocenters. The second-order valence-corrected chi connectivity index (χ2v) is 4.64. The van der Waals surface area contributed by atoms with E-state index in [1.54, 1.807) is 0 Å². The zero-order chi connectivity index (χ0) is 13.1. The third-order valence-electron chi connectivity index (χ3n) is 3.47. The van der Waals surface area contributed by atoms with Crippen molar-refractivity contribution in [2.75, 3.05) is 25.4 Å². The summed E-state index contributed by atoms with van der Waals surface area (Å²) < 4.78 is 2.11. The molecule has 0 aliphatic carbocycles. The fraction of sp³-hybridized carbons (Fsp3) is 0.500. The van der Waals surface area contributed by atoms with Gasteiger partial charge in [0.15, 0.2) is 0 Å². The van der Waals surface area contributed by atoms with Crippen LogP contribution in [0.15, 0.2) is 18.2 Å². The Balaban J connectivity index is 2.26. The molecule has 0 unspecified atom stereocenters. The highest BCUT2D eigenvalue weighted by Crippen LogP contribution is 2.19. The summed E-state index contributed by atoms with van der Waals surface area (Å²) in [6, 6.07) is 6.26. The third-order valence-corrected chi connectivity index (χ3v) is 3.47. The molecular weight excluding hydrogens is 224 g/mol. The van der Waals surface area contributed by atoms with Crippen LogP contribution in [-0.2, 0) is 6.54 Å². The van der Waals surface area contributed by atoms with E-state index in [1.165, 1.54) is 5.56 Å². The largest absolute Gasteiger partial charge is 0.369 e. The smallest absolute Gasteiger partial charge is 0.201 e. The molecule has 4 heteroatoms. The number of benzene rings is 1. The van der Waals surface area contributed by atoms with Crippen molar-refractivity contribution >= 4 is 17.0 Å². The molecular formula is C14H22N4. The summed E-state index contributed by atoms with van der Waals surface area (Å²) >= 11 is 0. The molecule has 2 rings (SSSR count). The van der Waals surface area contributed by atoms with Gasteiger partial charge in [0, 0.05) is 13.1 Å². The maximum absolute atomic E-state index is 6.01. The van der Waals surface area contributed by atoms with Crippen LogP contribution in [-0.4, -0.2) is 34.1 Å². The van der Waals surface area contributed by atoms with Gasteiger partial charge in [-0.2, -0.15) is 0 Å². The van der Waals surface area contributed by atoms with E-state index in [-0.39, 0.29) is 0 Å². The second kappa shape index (κ2) is 5.40. The molecule has 0 amide bonds. The monoisotopic (exact) mass is 246 g/mol. The van der Waals surface area contributed by atoms with Crippen LogP contribution in [0.5, 0.6) is 0 Å². The molecule has 2 aromatic rings. The summed E-state index contributed by atoms with van der Waals surface area (Å²) in [5, 5.41) is 0. The zero-order valence-electron chi connectivity index (χ0n) is 11.5. The molecule has 0 aliphatic rings. The molecule has 0 spiro atoms. The predicted molar refractivity (Wildman–Crippen MR) is 76.7 cm³/mol. The van der Waals surface area contributed by atoms with E-state index in [0.717, 1.165) is 37.2 Å². The van der Waals surface area contributed by atoms with Gasteiger partial charge in [0.1, 0.15) is 0 Å². The van der Waals surface area contributed by atoms with E-state index >= 15 is 0 Å². The molecule has 0 saturated heterocycles. The van der Waals surface area contributed by atoms with Crippen molar-refractivity contribution < 1.29 is 0 Å². The van der Waals surface area contributed by atoms with E-state index in [1.807, 2.05) is 6.07 Å². The Labute approximate surface area is 108 Å². The number of imidazole rings is 1. The van der Waals surface area contributed by atoms with Crippen molar-refractivity contribution in [3.63, 3.8) is 0 Å². The quantitative estimate of drug-likeness (QED) is 0.880. The number of hydrogen-bond acceptors (Lipinski definition) is 3. The van der Waals surface area contributed by atoms with E-state index < -0.39 is 0 Å². The first-order valence-corrected chi connectivity index (χ1v) is 6.60. The molecule has 0 aliphatic heterocycles. The number of nitrogens with zero attached hydrogens (tertiary/aromatic N) is 3. The van der Waals surface area contributed by atoms with Gasteiger partial charge in [-0.1, -0.05) is 19.9 Å². The molecule has 1 aromatic carbocycles. The van der Waals surface area contributed by atoms with Crippen LogP contribution in [0.25, 0.3) is 11.0 Å². The van der Waals surface area contributed by atoms with Crippen molar-refractivity contribution in [3.05, 3.63) is 23.8 Å². The Kier molecular flexibility index (Phi) is 3.87. The number of nitrogen functional groups attached to an aromatic ring is 1. The van der Waals surface area contributed by atoms with E-state index in [9.17, 15) is 0 Å². The van der Waals surface area contributed by atoms with E-state index in [2.05, 4.69) is 47.4 Å². The van der Waals surface area contributed by atoms with Crippen LogP contribution in [0.1, 0.15) is 19.4 Å². The number of fused-ring (bicyclic) bond motifs is 1. The lowest BCUT2D eigenvalue weighted by Crippen LogP contribution is -2.27. The number of nitrogens with two attached hydrogens (primary N) is 1. The lowest BCUT2D eigenvalue weighted by atomic mass is 10.2. The normalized spacial score (nSPS) is 11.6. The summed E-state index contributed by atoms with van der Waals surface area (Å²) in [4.78, 5) is 6.80. The van der Waals surface area contributed by atoms with Crippen LogP contribution in [0.3, 0.4) is 0 Å². The molecule has 2 N–H and O–H groups in total. The summed E-state index contributed by atoms with van der Waals surface area (Å²) in [6.45, 7) is 10.5. The first-order valence-electron chi connectivity index (χ1n) is 6.60. The second-order valence-electron chi connectivity index (χ2n) is 4.64. The van der Waals surface area contributed by atoms with Gasteiger partial charge in [-0.05, 0) is 37.7 Å². The Morgan fingerprint density at radius 1 is 1.28 bits per heavy atom. The first-order chi connectivity index (χ1) is 8.65. The van der Waals surface area contributed by atoms with Crippen LogP contribution < -0.4 is 5.73 Å². The minimum Gasteiger partial charge on any atom is -0.369 e. The Bertz CT molecular complexity index is 526. The molecule has 0 fully saturated rings. The molecule has 0 radical (unpaired) electrons. The topological polar surface area (TPSA) is 47.1 Å². The number of likely N-dealkylation sites (N-methyl/N-ethyl adjacent to an activating group) is 1. The van der Waals surface area contributed by atoms with Gasteiger partial charge in [0.25, 0.3) is 0 Å². The number of hydrogen-bond donors (Lipinski definition) is 1. The van der Waals surface area contributed by atoms with Crippen molar-refractivity contribution in [2.24, 2.45) is 0 Å². The Morgan fingerprint density at radius 2 is 2.00 bits per heavy atom. The fourth-order valence-electron chi connectivity index (χ4n) is 2.27. The summed E-state index contributed by atoms with van der Waals surface area (Å²) in [7, 11) is 0. The summed E-state index contributed by atoms with van der Waals surface area (Å²) in [5.41, 5.74) is 9.37. The minimum atomic E-state index is 0.614. The first kappa shape index (κ1) is 12.9. The van der Waals surface area contributed by atoms with Crippen molar-refractivity contribution in [1.82, 2.24) is 14.5 Å². The number of anilines is 1. The lowest BCUT2D eigenvalue weighted by molar-refractivity contribution is 0.292.